The van der Waals surface area contributed by atoms with Crippen molar-refractivity contribution in [1.82, 2.24) is 10.1 Å². The number of aliphatic hydroxyl groups is 2. The first-order valence-electron chi connectivity index (χ1n) is 10.8. The third-order valence-electron chi connectivity index (χ3n) is 6.15. The van der Waals surface area contributed by atoms with Crippen LogP contribution in [0.15, 0.2) is 16.7 Å². The molecule has 2 unspecified atom stereocenters. The lowest BCUT2D eigenvalue weighted by Crippen LogP contribution is -2.34. The predicted octanol–water partition coefficient (Wildman–Crippen LogP) is 2.51. The number of anilines is 1. The molecule has 2 aliphatic rings. The number of aromatic nitrogens is 2. The molecule has 1 aromatic carbocycles. The third-order valence-corrected chi connectivity index (χ3v) is 6.15. The molecule has 2 N–H and O–H groups in total. The first-order chi connectivity index (χ1) is 15.6. The Morgan fingerprint density at radius 3 is 2.53 bits per heavy atom. The number of rotatable bonds is 9. The smallest absolute Gasteiger partial charge is 0.324 e. The molecule has 0 spiro atoms. The zero-order valence-electron chi connectivity index (χ0n) is 18.0. The molecule has 2 heterocycles. The normalized spacial score (nSPS) is 20.5. The Labute approximate surface area is 185 Å². The number of carbonyl (C=O) groups is 1. The number of hydrogen-bond acceptors (Lipinski definition) is 8. The SMILES string of the molecule is CO.O=CCc1c(F)cc(OCCC2CC2C2CCN(c3nc(CO)no3)CC2)cc1F. The summed E-state index contributed by atoms with van der Waals surface area (Å²) in [6.07, 6.45) is 4.31. The number of carbonyl (C=O) groups excluding carboxylic acids is 1. The van der Waals surface area contributed by atoms with Crippen molar-refractivity contribution in [1.29, 1.82) is 0 Å². The van der Waals surface area contributed by atoms with Gasteiger partial charge in [-0.1, -0.05) is 5.16 Å². The van der Waals surface area contributed by atoms with Gasteiger partial charge in [0.05, 0.1) is 6.61 Å². The van der Waals surface area contributed by atoms with Crippen LogP contribution in [-0.2, 0) is 17.8 Å². The predicted molar refractivity (Wildman–Crippen MR) is 111 cm³/mol. The number of hydrogen-bond donors (Lipinski definition) is 2. The highest BCUT2D eigenvalue weighted by Gasteiger charge is 2.43. The number of aldehydes is 1. The van der Waals surface area contributed by atoms with Gasteiger partial charge in [0.2, 0.25) is 0 Å². The summed E-state index contributed by atoms with van der Waals surface area (Å²) < 4.78 is 38.5. The van der Waals surface area contributed by atoms with E-state index >= 15 is 0 Å². The van der Waals surface area contributed by atoms with E-state index in [0.29, 0.717) is 42.5 Å². The molecule has 2 aromatic rings. The van der Waals surface area contributed by atoms with Gasteiger partial charge in [0.25, 0.3) is 0 Å². The molecular weight excluding hydrogens is 424 g/mol. The van der Waals surface area contributed by atoms with Crippen molar-refractivity contribution in [2.75, 3.05) is 31.7 Å². The van der Waals surface area contributed by atoms with Gasteiger partial charge in [-0.25, -0.2) is 8.78 Å². The highest BCUT2D eigenvalue weighted by Crippen LogP contribution is 2.50. The fraction of sp³-hybridized carbons (Fsp3) is 0.591. The van der Waals surface area contributed by atoms with Gasteiger partial charge < -0.3 is 29.2 Å². The van der Waals surface area contributed by atoms with Crippen LogP contribution in [0.1, 0.15) is 37.1 Å². The molecule has 4 rings (SSSR count). The van der Waals surface area contributed by atoms with Crippen LogP contribution in [0.3, 0.4) is 0 Å². The second kappa shape index (κ2) is 11.3. The maximum Gasteiger partial charge on any atom is 0.324 e. The van der Waals surface area contributed by atoms with Gasteiger partial charge in [0.1, 0.15) is 30.3 Å². The van der Waals surface area contributed by atoms with Gasteiger partial charge in [-0.2, -0.15) is 4.98 Å². The minimum Gasteiger partial charge on any atom is -0.493 e. The lowest BCUT2D eigenvalue weighted by atomic mass is 9.90. The molecule has 1 aliphatic carbocycles. The first-order valence-corrected chi connectivity index (χ1v) is 10.8. The molecule has 0 radical (unpaired) electrons. The highest BCUT2D eigenvalue weighted by molar-refractivity contribution is 5.55. The van der Waals surface area contributed by atoms with Crippen molar-refractivity contribution in [3.05, 3.63) is 35.2 Å². The van der Waals surface area contributed by atoms with Crippen LogP contribution < -0.4 is 9.64 Å². The number of benzene rings is 1. The zero-order valence-corrected chi connectivity index (χ0v) is 18.0. The lowest BCUT2D eigenvalue weighted by molar-refractivity contribution is -0.107. The van der Waals surface area contributed by atoms with Crippen molar-refractivity contribution in [2.45, 2.75) is 38.7 Å². The van der Waals surface area contributed by atoms with Crippen molar-refractivity contribution >= 4 is 12.3 Å². The van der Waals surface area contributed by atoms with Gasteiger partial charge >= 0.3 is 6.01 Å². The second-order valence-electron chi connectivity index (χ2n) is 8.01. The average molecular weight is 453 g/mol. The molecule has 1 saturated heterocycles. The van der Waals surface area contributed by atoms with Crippen LogP contribution >= 0.6 is 0 Å². The number of nitrogens with zero attached hydrogens (tertiary/aromatic N) is 3. The molecule has 10 heteroatoms. The second-order valence-corrected chi connectivity index (χ2v) is 8.01. The monoisotopic (exact) mass is 453 g/mol. The minimum atomic E-state index is -0.750. The van der Waals surface area contributed by atoms with Crippen molar-refractivity contribution < 1.29 is 33.0 Å². The molecule has 1 aliphatic heterocycles. The highest BCUT2D eigenvalue weighted by atomic mass is 19.1. The van der Waals surface area contributed by atoms with Gasteiger partial charge in [-0.15, -0.1) is 0 Å². The molecule has 2 atom stereocenters. The van der Waals surface area contributed by atoms with Gasteiger partial charge in [0.15, 0.2) is 5.82 Å². The Balaban J connectivity index is 0.00000141. The topological polar surface area (TPSA) is 109 Å². The Kier molecular flexibility index (Phi) is 8.52. The summed E-state index contributed by atoms with van der Waals surface area (Å²) in [4.78, 5) is 16.7. The van der Waals surface area contributed by atoms with E-state index in [2.05, 4.69) is 15.0 Å². The van der Waals surface area contributed by atoms with E-state index in [0.717, 1.165) is 58.0 Å². The van der Waals surface area contributed by atoms with Crippen LogP contribution in [0.25, 0.3) is 0 Å². The summed E-state index contributed by atoms with van der Waals surface area (Å²) in [6, 6.07) is 2.75. The standard InChI is InChI=1S/C21H25F2N3O4.CH4O/c22-18-10-15(11-19(23)16(18)3-7-27)29-8-4-14-9-17(14)13-1-5-26(6-2-13)21-24-20(12-28)25-30-21;1-2/h7,10-11,13-14,17,28H,1-6,8-9,12H2;2H,1H3. The summed E-state index contributed by atoms with van der Waals surface area (Å²) >= 11 is 0. The minimum absolute atomic E-state index is 0.159. The van der Waals surface area contributed by atoms with E-state index < -0.39 is 11.6 Å². The lowest BCUT2D eigenvalue weighted by Gasteiger charge is -2.30. The van der Waals surface area contributed by atoms with Gasteiger partial charge in [-0.05, 0) is 43.4 Å². The van der Waals surface area contributed by atoms with Crippen molar-refractivity contribution in [3.8, 4) is 5.75 Å². The van der Waals surface area contributed by atoms with E-state index in [1.54, 1.807) is 0 Å². The Morgan fingerprint density at radius 2 is 1.94 bits per heavy atom. The summed E-state index contributed by atoms with van der Waals surface area (Å²) in [6.45, 7) is 1.89. The fourth-order valence-electron chi connectivity index (χ4n) is 4.41. The van der Waals surface area contributed by atoms with E-state index in [1.165, 1.54) is 0 Å². The number of aliphatic hydroxyl groups excluding tert-OH is 2. The van der Waals surface area contributed by atoms with E-state index in [-0.39, 0.29) is 24.3 Å². The Bertz CT molecular complexity index is 863. The third kappa shape index (κ3) is 5.80. The molecule has 1 aromatic heterocycles. The van der Waals surface area contributed by atoms with Crippen molar-refractivity contribution in [3.63, 3.8) is 0 Å². The molecule has 0 amide bonds. The summed E-state index contributed by atoms with van der Waals surface area (Å²) in [5.41, 5.74) is -0.223. The summed E-state index contributed by atoms with van der Waals surface area (Å²) in [5, 5.41) is 19.8. The quantitative estimate of drug-likeness (QED) is 0.558. The zero-order chi connectivity index (χ0) is 23.1. The maximum atomic E-state index is 13.9. The maximum absolute atomic E-state index is 13.9. The van der Waals surface area contributed by atoms with Crippen LogP contribution in [0, 0.1) is 29.4 Å². The van der Waals surface area contributed by atoms with Crippen molar-refractivity contribution in [2.24, 2.45) is 17.8 Å². The number of halogens is 2. The average Bonchev–Trinajstić information content (AvgIpc) is 3.42. The molecule has 1 saturated carbocycles. The van der Waals surface area contributed by atoms with E-state index in [9.17, 15) is 13.6 Å². The molecule has 176 valence electrons. The first kappa shape index (κ1) is 24.1. The molecule has 32 heavy (non-hydrogen) atoms. The Hall–Kier alpha value is -2.59. The molecular formula is C22H29F2N3O5. The largest absolute Gasteiger partial charge is 0.493 e. The molecule has 2 fully saturated rings. The summed E-state index contributed by atoms with van der Waals surface area (Å²) in [5.74, 6) is 0.842. The van der Waals surface area contributed by atoms with Gasteiger partial charge in [0, 0.05) is 44.3 Å². The number of ether oxygens (including phenoxy) is 1. The Morgan fingerprint density at radius 1 is 1.25 bits per heavy atom. The van der Waals surface area contributed by atoms with Gasteiger partial charge in [-0.3, -0.25) is 0 Å². The van der Waals surface area contributed by atoms with Crippen LogP contribution in [0.5, 0.6) is 5.75 Å². The van der Waals surface area contributed by atoms with Crippen LogP contribution in [-0.4, -0.2) is 53.4 Å². The molecule has 8 nitrogen and oxygen atoms in total. The number of piperidine rings is 1. The fourth-order valence-corrected chi connectivity index (χ4v) is 4.41. The van der Waals surface area contributed by atoms with E-state index in [4.69, 9.17) is 19.5 Å². The summed E-state index contributed by atoms with van der Waals surface area (Å²) in [7, 11) is 1.00. The molecule has 0 bridgehead atoms. The van der Waals surface area contributed by atoms with Crippen LogP contribution in [0.2, 0.25) is 0 Å². The van der Waals surface area contributed by atoms with E-state index in [1.807, 2.05) is 0 Å². The van der Waals surface area contributed by atoms with Crippen LogP contribution in [0.4, 0.5) is 14.8 Å².